The van der Waals surface area contributed by atoms with E-state index < -0.39 is 8.53 Å². The van der Waals surface area contributed by atoms with Crippen molar-refractivity contribution in [3.05, 3.63) is 71.7 Å². The summed E-state index contributed by atoms with van der Waals surface area (Å²) >= 11 is 0. The molecule has 21 heavy (non-hydrogen) atoms. The maximum atomic E-state index is 7.45. The van der Waals surface area contributed by atoms with Crippen LogP contribution in [-0.4, -0.2) is 15.8 Å². The highest BCUT2D eigenvalue weighted by Gasteiger charge is 2.33. The van der Waals surface area contributed by atoms with Crippen LogP contribution in [-0.2, 0) is 4.74 Å². The molecule has 108 valence electrons. The van der Waals surface area contributed by atoms with Crippen molar-refractivity contribution in [3.63, 3.8) is 0 Å². The number of fused-ring (bicyclic) bond motifs is 5. The van der Waals surface area contributed by atoms with Crippen LogP contribution in [0.2, 0.25) is 0 Å². The van der Waals surface area contributed by atoms with Gasteiger partial charge in [0, 0.05) is 16.8 Å². The molecule has 4 rings (SSSR count). The molecule has 5 nitrogen and oxygen atoms in total. The molecule has 0 amide bonds. The molecule has 1 aromatic carbocycles. The summed E-state index contributed by atoms with van der Waals surface area (Å²) in [6.45, 7) is 0. The molecule has 2 heterocycles. The van der Waals surface area contributed by atoms with Gasteiger partial charge in [0.15, 0.2) is 0 Å². The Balaban J connectivity index is 0.000000298. The van der Waals surface area contributed by atoms with Gasteiger partial charge >= 0.3 is 0 Å². The van der Waals surface area contributed by atoms with Crippen LogP contribution in [0.1, 0.15) is 5.56 Å². The third kappa shape index (κ3) is 2.77. The van der Waals surface area contributed by atoms with Gasteiger partial charge in [0.1, 0.15) is 5.76 Å². The molecule has 0 radical (unpaired) electrons. The summed E-state index contributed by atoms with van der Waals surface area (Å²) in [5, 5.41) is 3.54. The lowest BCUT2D eigenvalue weighted by Crippen LogP contribution is -2.22. The Kier molecular flexibility index (Phi) is 3.90. The fraction of sp³-hybridized carbons (Fsp3) is 0.0667. The van der Waals surface area contributed by atoms with Gasteiger partial charge in [-0.05, 0) is 29.9 Å². The van der Waals surface area contributed by atoms with Gasteiger partial charge in [0.2, 0.25) is 8.53 Å². The second kappa shape index (κ2) is 5.84. The number of nitrogens with one attached hydrogen (secondary N) is 1. The van der Waals surface area contributed by atoms with Crippen LogP contribution in [0.25, 0.3) is 5.57 Å². The monoisotopic (exact) mass is 302 g/mol. The average Bonchev–Trinajstić information content (AvgIpc) is 2.86. The second-order valence-corrected chi connectivity index (χ2v) is 5.31. The molecule has 0 saturated carbocycles. The molecule has 1 aromatic rings. The van der Waals surface area contributed by atoms with Gasteiger partial charge < -0.3 is 19.8 Å². The van der Waals surface area contributed by atoms with Gasteiger partial charge in [0.25, 0.3) is 0 Å². The number of allylic oxidation sites excluding steroid dienone is 4. The molecule has 0 bridgehead atoms. The smallest absolute Gasteiger partial charge is 0.247 e. The number of rotatable bonds is 0. The largest absolute Gasteiger partial charge is 0.465 e. The van der Waals surface area contributed by atoms with Gasteiger partial charge in [0.05, 0.1) is 12.3 Å². The number of anilines is 1. The van der Waals surface area contributed by atoms with Crippen molar-refractivity contribution in [2.24, 2.45) is 5.50 Å². The number of hydrogen-bond donors (Lipinski definition) is 4. The number of para-hydroxylation sites is 1. The standard InChI is InChI=1S/C15H11NO.H4NO2P/c1-2-6-13-10(4-1)11-7-8-14-12(15(11)16-13)5-3-9-17-14;1-4(2)3/h1-9,15-16H;2-3H,1H2. The lowest BCUT2D eigenvalue weighted by Gasteiger charge is -2.24. The molecule has 1 unspecified atom stereocenters. The van der Waals surface area contributed by atoms with Crippen LogP contribution >= 0.6 is 8.53 Å². The van der Waals surface area contributed by atoms with E-state index in [1.54, 1.807) is 6.26 Å². The molecule has 5 N–H and O–H groups in total. The number of nitrogens with two attached hydrogens (primary N) is 1. The fourth-order valence-electron chi connectivity index (χ4n) is 2.63. The average molecular weight is 302 g/mol. The molecule has 0 spiro atoms. The first-order valence-electron chi connectivity index (χ1n) is 6.41. The number of benzene rings is 1. The zero-order valence-electron chi connectivity index (χ0n) is 11.1. The summed E-state index contributed by atoms with van der Waals surface area (Å²) in [7, 11) is -2.12. The van der Waals surface area contributed by atoms with E-state index >= 15 is 0 Å². The van der Waals surface area contributed by atoms with Crippen LogP contribution < -0.4 is 10.8 Å². The first-order valence-corrected chi connectivity index (χ1v) is 7.72. The van der Waals surface area contributed by atoms with Crippen molar-refractivity contribution in [2.45, 2.75) is 6.04 Å². The normalized spacial score (nSPS) is 20.6. The predicted octanol–water partition coefficient (Wildman–Crippen LogP) is 2.39. The number of ether oxygens (including phenoxy) is 1. The Morgan fingerprint density at radius 1 is 1.10 bits per heavy atom. The lowest BCUT2D eigenvalue weighted by atomic mass is 9.90. The molecule has 1 atom stereocenters. The van der Waals surface area contributed by atoms with E-state index in [1.165, 1.54) is 22.4 Å². The van der Waals surface area contributed by atoms with Gasteiger partial charge in [-0.2, -0.15) is 0 Å². The number of hydrogen-bond acceptors (Lipinski definition) is 5. The summed E-state index contributed by atoms with van der Waals surface area (Å²) < 4.78 is 5.52. The highest BCUT2D eigenvalue weighted by Crippen LogP contribution is 2.42. The summed E-state index contributed by atoms with van der Waals surface area (Å²) in [6, 6.07) is 8.65. The quantitative estimate of drug-likeness (QED) is 0.553. The molecule has 6 heteroatoms. The van der Waals surface area contributed by atoms with E-state index in [0.717, 1.165) is 5.76 Å². The van der Waals surface area contributed by atoms with E-state index in [-0.39, 0.29) is 6.04 Å². The maximum Gasteiger partial charge on any atom is 0.247 e. The Morgan fingerprint density at radius 2 is 1.86 bits per heavy atom. The molecule has 0 aromatic heterocycles. The van der Waals surface area contributed by atoms with Crippen LogP contribution in [0.4, 0.5) is 5.69 Å². The minimum absolute atomic E-state index is 0.234. The van der Waals surface area contributed by atoms with Gasteiger partial charge in [-0.15, -0.1) is 0 Å². The van der Waals surface area contributed by atoms with E-state index in [2.05, 4.69) is 47.2 Å². The van der Waals surface area contributed by atoms with E-state index in [0.29, 0.717) is 0 Å². The van der Waals surface area contributed by atoms with Crippen LogP contribution in [0.5, 0.6) is 0 Å². The van der Waals surface area contributed by atoms with E-state index in [4.69, 9.17) is 14.5 Å². The van der Waals surface area contributed by atoms with Gasteiger partial charge in [-0.25, -0.2) is 0 Å². The van der Waals surface area contributed by atoms with Crippen molar-refractivity contribution in [1.29, 1.82) is 0 Å². The predicted molar refractivity (Wildman–Crippen MR) is 83.8 cm³/mol. The topological polar surface area (TPSA) is 87.7 Å². The van der Waals surface area contributed by atoms with Crippen molar-refractivity contribution in [3.8, 4) is 0 Å². The minimum atomic E-state index is -2.12. The third-order valence-corrected chi connectivity index (χ3v) is 3.41. The Bertz CT molecular complexity index is 674. The summed E-state index contributed by atoms with van der Waals surface area (Å²) in [4.78, 5) is 14.9. The Hall–Kier alpha value is -1.91. The highest BCUT2D eigenvalue weighted by atomic mass is 31.2. The fourth-order valence-corrected chi connectivity index (χ4v) is 2.63. The Labute approximate surface area is 123 Å². The molecular formula is C15H15N2O3P. The molecule has 0 saturated heterocycles. The van der Waals surface area contributed by atoms with Crippen LogP contribution in [0.15, 0.2) is 66.2 Å². The molecular weight excluding hydrogens is 287 g/mol. The minimum Gasteiger partial charge on any atom is -0.465 e. The Morgan fingerprint density at radius 3 is 2.67 bits per heavy atom. The van der Waals surface area contributed by atoms with E-state index in [9.17, 15) is 0 Å². The van der Waals surface area contributed by atoms with Crippen LogP contribution in [0.3, 0.4) is 0 Å². The molecule has 0 fully saturated rings. The molecule has 2 aliphatic heterocycles. The van der Waals surface area contributed by atoms with Gasteiger partial charge in [-0.3, -0.25) is 5.50 Å². The van der Waals surface area contributed by atoms with Crippen molar-refractivity contribution in [1.82, 2.24) is 0 Å². The first kappa shape index (κ1) is 14.0. The van der Waals surface area contributed by atoms with Crippen LogP contribution in [0, 0.1) is 0 Å². The van der Waals surface area contributed by atoms with Crippen molar-refractivity contribution >= 4 is 19.8 Å². The summed E-state index contributed by atoms with van der Waals surface area (Å²) in [6.07, 6.45) is 9.97. The maximum absolute atomic E-state index is 7.45. The van der Waals surface area contributed by atoms with E-state index in [1.807, 2.05) is 12.2 Å². The second-order valence-electron chi connectivity index (χ2n) is 4.66. The van der Waals surface area contributed by atoms with Gasteiger partial charge in [-0.1, -0.05) is 24.3 Å². The zero-order valence-corrected chi connectivity index (χ0v) is 12.0. The molecule has 3 aliphatic rings. The van der Waals surface area contributed by atoms with Crippen molar-refractivity contribution < 1.29 is 14.5 Å². The lowest BCUT2D eigenvalue weighted by molar-refractivity contribution is 0.353. The summed E-state index contributed by atoms with van der Waals surface area (Å²) in [5.41, 5.74) is 9.32. The SMILES string of the molecule is C1=COC2=CC=C3c4ccccc4NC3C2=C1.NP(O)O. The third-order valence-electron chi connectivity index (χ3n) is 3.41. The summed E-state index contributed by atoms with van der Waals surface area (Å²) in [5.74, 6) is 0.946. The van der Waals surface area contributed by atoms with Crippen molar-refractivity contribution in [2.75, 3.05) is 5.32 Å². The first-order chi connectivity index (χ1) is 10.2. The molecule has 1 aliphatic carbocycles. The zero-order chi connectivity index (χ0) is 14.8. The highest BCUT2D eigenvalue weighted by molar-refractivity contribution is 7.42.